The summed E-state index contributed by atoms with van der Waals surface area (Å²) in [4.78, 5) is 20.2. The molecule has 0 N–H and O–H groups in total. The lowest BCUT2D eigenvalue weighted by Crippen LogP contribution is -2.37. The van der Waals surface area contributed by atoms with Crippen molar-refractivity contribution in [1.82, 2.24) is 0 Å². The lowest BCUT2D eigenvalue weighted by atomic mass is 10.2. The van der Waals surface area contributed by atoms with Gasteiger partial charge in [0.2, 0.25) is 5.82 Å². The Morgan fingerprint density at radius 1 is 1.48 bits per heavy atom. The van der Waals surface area contributed by atoms with Crippen molar-refractivity contribution in [3.05, 3.63) is 33.6 Å². The van der Waals surface area contributed by atoms with E-state index in [1.807, 2.05) is 0 Å². The Kier molecular flexibility index (Phi) is 4.12. The maximum absolute atomic E-state index is 13.7. The molecule has 0 aliphatic carbocycles. The topological polar surface area (TPSA) is 113 Å². The highest BCUT2D eigenvalue weighted by Gasteiger charge is 2.30. The number of hydrogen-bond acceptors (Lipinski definition) is 7. The van der Waals surface area contributed by atoms with E-state index in [1.165, 1.54) is 0 Å². The summed E-state index contributed by atoms with van der Waals surface area (Å²) in [5, 5.41) is 10.7. The summed E-state index contributed by atoms with van der Waals surface area (Å²) < 4.78 is 45.8. The summed E-state index contributed by atoms with van der Waals surface area (Å²) in [6.45, 7) is 0.325. The third kappa shape index (κ3) is 3.28. The first kappa shape index (κ1) is 15.6. The normalized spacial score (nSPS) is 15.3. The Bertz CT molecular complexity index is 716. The van der Waals surface area contributed by atoms with Crippen LogP contribution in [0, 0.1) is 15.9 Å². The van der Waals surface area contributed by atoms with Gasteiger partial charge in [-0.25, -0.2) is 13.2 Å². The average Bonchev–Trinajstić information content (AvgIpc) is 2.31. The largest absolute Gasteiger partial charge is 0.454 e. The molecule has 0 radical (unpaired) electrons. The first-order chi connectivity index (χ1) is 9.70. The Hall–Kier alpha value is -1.78. The molecule has 0 spiro atoms. The van der Waals surface area contributed by atoms with Crippen LogP contribution in [0.3, 0.4) is 0 Å². The second-order valence-electron chi connectivity index (χ2n) is 4.07. The number of nitro benzene ring substituents is 1. The van der Waals surface area contributed by atoms with Crippen LogP contribution in [-0.4, -0.2) is 38.6 Å². The number of carbonyl (C=O) groups excluding carboxylic acids is 1. The number of ether oxygens (including phenoxy) is 2. The highest BCUT2D eigenvalue weighted by atomic mass is 35.7. The van der Waals surface area contributed by atoms with Gasteiger partial charge < -0.3 is 9.47 Å². The fraction of sp³-hybridized carbons (Fsp3) is 0.300. The maximum Gasteiger partial charge on any atom is 0.338 e. The van der Waals surface area contributed by atoms with Crippen LogP contribution in [0.1, 0.15) is 10.4 Å². The van der Waals surface area contributed by atoms with Crippen LogP contribution in [0.2, 0.25) is 0 Å². The van der Waals surface area contributed by atoms with Crippen LogP contribution >= 0.6 is 10.7 Å². The Labute approximate surface area is 122 Å². The monoisotopic (exact) mass is 339 g/mol. The summed E-state index contributed by atoms with van der Waals surface area (Å²) >= 11 is 0. The minimum atomic E-state index is -4.61. The lowest BCUT2D eigenvalue weighted by molar-refractivity contribution is -0.387. The van der Waals surface area contributed by atoms with Crippen LogP contribution in [0.15, 0.2) is 17.0 Å². The zero-order valence-corrected chi connectivity index (χ0v) is 11.7. The van der Waals surface area contributed by atoms with Gasteiger partial charge in [0.1, 0.15) is 11.0 Å². The molecule has 1 aliphatic heterocycles. The molecule has 1 fully saturated rings. The molecule has 11 heteroatoms. The van der Waals surface area contributed by atoms with E-state index in [0.717, 1.165) is 0 Å². The van der Waals surface area contributed by atoms with Gasteiger partial charge in [-0.05, 0) is 6.07 Å². The number of rotatable bonds is 4. The van der Waals surface area contributed by atoms with E-state index < -0.39 is 48.0 Å². The van der Waals surface area contributed by atoms with E-state index in [9.17, 15) is 27.7 Å². The molecule has 1 aromatic rings. The van der Waals surface area contributed by atoms with Crippen molar-refractivity contribution >= 4 is 31.4 Å². The highest BCUT2D eigenvalue weighted by molar-refractivity contribution is 8.13. The summed E-state index contributed by atoms with van der Waals surface area (Å²) in [6.07, 6.45) is -0.530. The van der Waals surface area contributed by atoms with Gasteiger partial charge in [-0.2, -0.15) is 4.39 Å². The van der Waals surface area contributed by atoms with Gasteiger partial charge in [0.05, 0.1) is 23.7 Å². The van der Waals surface area contributed by atoms with Gasteiger partial charge in [0.15, 0.2) is 0 Å². The second-order valence-corrected chi connectivity index (χ2v) is 6.60. The molecule has 2 rings (SSSR count). The van der Waals surface area contributed by atoms with Crippen molar-refractivity contribution < 1.29 is 32.0 Å². The third-order valence-electron chi connectivity index (χ3n) is 2.60. The van der Waals surface area contributed by atoms with E-state index in [-0.39, 0.29) is 13.2 Å². The molecule has 1 heterocycles. The minimum Gasteiger partial charge on any atom is -0.454 e. The van der Waals surface area contributed by atoms with Gasteiger partial charge in [0, 0.05) is 16.7 Å². The fourth-order valence-corrected chi connectivity index (χ4v) is 2.44. The predicted octanol–water partition coefficient (Wildman–Crippen LogP) is 1.22. The van der Waals surface area contributed by atoms with Crippen LogP contribution < -0.4 is 0 Å². The second kappa shape index (κ2) is 5.54. The van der Waals surface area contributed by atoms with Crippen molar-refractivity contribution in [3.8, 4) is 0 Å². The number of benzene rings is 1. The Morgan fingerprint density at radius 2 is 2.10 bits per heavy atom. The molecule has 0 atom stereocenters. The molecule has 0 bridgehead atoms. The first-order valence-electron chi connectivity index (χ1n) is 5.41. The number of hydrogen-bond donors (Lipinski definition) is 0. The highest BCUT2D eigenvalue weighted by Crippen LogP contribution is 2.29. The molecule has 21 heavy (non-hydrogen) atoms. The predicted molar refractivity (Wildman–Crippen MR) is 66.1 cm³/mol. The SMILES string of the molecule is O=C(OC1COC1)c1cc([N+](=O)[O-])c(F)c(S(=O)(=O)Cl)c1. The van der Waals surface area contributed by atoms with Crippen molar-refractivity contribution in [2.45, 2.75) is 11.0 Å². The van der Waals surface area contributed by atoms with E-state index in [4.69, 9.17) is 20.2 Å². The van der Waals surface area contributed by atoms with Crippen molar-refractivity contribution in [2.75, 3.05) is 13.2 Å². The number of esters is 1. The van der Waals surface area contributed by atoms with Crippen molar-refractivity contribution in [1.29, 1.82) is 0 Å². The molecule has 0 saturated carbocycles. The maximum atomic E-state index is 13.7. The molecule has 0 unspecified atom stereocenters. The lowest BCUT2D eigenvalue weighted by Gasteiger charge is -2.25. The smallest absolute Gasteiger partial charge is 0.338 e. The number of nitro groups is 1. The minimum absolute atomic E-state index is 0.162. The number of nitrogens with zero attached hydrogens (tertiary/aromatic N) is 1. The van der Waals surface area contributed by atoms with Crippen LogP contribution in [0.25, 0.3) is 0 Å². The standard InChI is InChI=1S/C10H7ClFNO7S/c11-21(17,18)8-2-5(1-7(9(8)12)13(15)16)10(14)20-6-3-19-4-6/h1-2,6H,3-4H2. The molecule has 0 aromatic heterocycles. The number of halogens is 2. The quantitative estimate of drug-likeness (QED) is 0.350. The molecule has 1 saturated heterocycles. The van der Waals surface area contributed by atoms with Gasteiger partial charge in [-0.1, -0.05) is 0 Å². The van der Waals surface area contributed by atoms with Crippen LogP contribution in [0.5, 0.6) is 0 Å². The van der Waals surface area contributed by atoms with Crippen molar-refractivity contribution in [2.24, 2.45) is 0 Å². The summed E-state index contributed by atoms with van der Waals surface area (Å²) in [5.74, 6) is -2.67. The molecular weight excluding hydrogens is 333 g/mol. The summed E-state index contributed by atoms with van der Waals surface area (Å²) in [6, 6.07) is 1.18. The van der Waals surface area contributed by atoms with E-state index >= 15 is 0 Å². The molecular formula is C10H7ClFNO7S. The molecule has 0 amide bonds. The first-order valence-corrected chi connectivity index (χ1v) is 7.72. The Balaban J connectivity index is 2.48. The number of carbonyl (C=O) groups is 1. The fourth-order valence-electron chi connectivity index (χ4n) is 1.51. The van der Waals surface area contributed by atoms with Crippen LogP contribution in [-0.2, 0) is 18.5 Å². The van der Waals surface area contributed by atoms with Crippen molar-refractivity contribution in [3.63, 3.8) is 0 Å². The van der Waals surface area contributed by atoms with E-state index in [2.05, 4.69) is 0 Å². The average molecular weight is 340 g/mol. The summed E-state index contributed by atoms with van der Waals surface area (Å²) in [5.41, 5.74) is -1.68. The van der Waals surface area contributed by atoms with Crippen LogP contribution in [0.4, 0.5) is 10.1 Å². The Morgan fingerprint density at radius 3 is 2.52 bits per heavy atom. The molecule has 114 valence electrons. The molecule has 1 aromatic carbocycles. The van der Waals surface area contributed by atoms with Gasteiger partial charge in [0.25, 0.3) is 9.05 Å². The van der Waals surface area contributed by atoms with E-state index in [0.29, 0.717) is 12.1 Å². The van der Waals surface area contributed by atoms with Gasteiger partial charge in [-0.15, -0.1) is 0 Å². The third-order valence-corrected chi connectivity index (χ3v) is 3.92. The van der Waals surface area contributed by atoms with Gasteiger partial charge in [-0.3, -0.25) is 10.1 Å². The zero-order valence-electron chi connectivity index (χ0n) is 10.1. The zero-order chi connectivity index (χ0) is 15.8. The summed E-state index contributed by atoms with van der Waals surface area (Å²) in [7, 11) is 0.394. The van der Waals surface area contributed by atoms with Gasteiger partial charge >= 0.3 is 11.7 Å². The molecule has 8 nitrogen and oxygen atoms in total. The molecule has 1 aliphatic rings. The van der Waals surface area contributed by atoms with E-state index in [1.54, 1.807) is 0 Å².